The average Bonchev–Trinajstić information content (AvgIpc) is 3.23. The molecule has 5 rings (SSSR count). The number of carbonyl (C=O) groups excluding carboxylic acids is 1. The molecule has 7 nitrogen and oxygen atoms in total. The van der Waals surface area contributed by atoms with Crippen molar-refractivity contribution >= 4 is 33.9 Å². The van der Waals surface area contributed by atoms with Crippen molar-refractivity contribution in [3.63, 3.8) is 0 Å². The molecule has 0 unspecified atom stereocenters. The second-order valence-electron chi connectivity index (χ2n) is 7.91. The number of morpholine rings is 1. The van der Waals surface area contributed by atoms with E-state index >= 15 is 0 Å². The molecule has 0 spiro atoms. The lowest BCUT2D eigenvalue weighted by atomic mass is 10.1. The van der Waals surface area contributed by atoms with Crippen LogP contribution < -0.4 is 16.0 Å². The number of hydrogen-bond donors (Lipinski definition) is 2. The van der Waals surface area contributed by atoms with E-state index in [1.165, 1.54) is 5.69 Å². The van der Waals surface area contributed by atoms with Crippen molar-refractivity contribution in [1.29, 1.82) is 0 Å². The molecule has 3 aromatic carbocycles. The number of nitrogens with zero attached hydrogens (tertiary/aromatic N) is 3. The van der Waals surface area contributed by atoms with Crippen LogP contribution in [0.4, 0.5) is 17.1 Å². The van der Waals surface area contributed by atoms with E-state index in [1.807, 2.05) is 41.1 Å². The van der Waals surface area contributed by atoms with Crippen LogP contribution >= 0.6 is 0 Å². The SMILES string of the molecule is Nc1ccccc1NC(=O)c1ccc(Cn2cc3cc(N4CCOCC4)ccc3n2)cc1. The van der Waals surface area contributed by atoms with Crippen LogP contribution in [0.2, 0.25) is 0 Å². The number of nitrogens with two attached hydrogens (primary N) is 1. The van der Waals surface area contributed by atoms with Crippen LogP contribution in [0.25, 0.3) is 10.9 Å². The summed E-state index contributed by atoms with van der Waals surface area (Å²) in [5.41, 5.74) is 10.9. The first kappa shape index (κ1) is 20.1. The molecule has 3 N–H and O–H groups in total. The molecule has 0 atom stereocenters. The molecule has 1 aromatic heterocycles. The number of amides is 1. The highest BCUT2D eigenvalue weighted by Crippen LogP contribution is 2.23. The molecule has 1 aliphatic rings. The zero-order chi connectivity index (χ0) is 21.9. The van der Waals surface area contributed by atoms with Gasteiger partial charge in [-0.1, -0.05) is 24.3 Å². The van der Waals surface area contributed by atoms with Gasteiger partial charge in [0, 0.05) is 35.9 Å². The standard InChI is InChI=1S/C25H25N5O2/c26-22-3-1-2-4-24(22)27-25(31)19-7-5-18(6-8-19)16-30-17-20-15-21(9-10-23(20)28-30)29-11-13-32-14-12-29/h1-10,15,17H,11-14,16,26H2,(H,27,31). The number of carbonyl (C=O) groups is 1. The fourth-order valence-corrected chi connectivity index (χ4v) is 3.92. The van der Waals surface area contributed by atoms with Gasteiger partial charge in [0.1, 0.15) is 0 Å². The van der Waals surface area contributed by atoms with Crippen molar-refractivity contribution in [2.45, 2.75) is 6.54 Å². The second-order valence-corrected chi connectivity index (χ2v) is 7.91. The Kier molecular flexibility index (Phi) is 5.47. The van der Waals surface area contributed by atoms with E-state index in [-0.39, 0.29) is 5.91 Å². The highest BCUT2D eigenvalue weighted by molar-refractivity contribution is 6.05. The summed E-state index contributed by atoms with van der Waals surface area (Å²) in [6.45, 7) is 4.00. The van der Waals surface area contributed by atoms with E-state index in [0.717, 1.165) is 42.8 Å². The van der Waals surface area contributed by atoms with Gasteiger partial charge in [-0.15, -0.1) is 0 Å². The molecular weight excluding hydrogens is 402 g/mol. The molecule has 2 heterocycles. The molecule has 1 amide bonds. The lowest BCUT2D eigenvalue weighted by Gasteiger charge is -2.28. The van der Waals surface area contributed by atoms with E-state index in [4.69, 9.17) is 15.6 Å². The zero-order valence-corrected chi connectivity index (χ0v) is 17.7. The third-order valence-corrected chi connectivity index (χ3v) is 5.68. The average molecular weight is 428 g/mol. The molecule has 1 fully saturated rings. The summed E-state index contributed by atoms with van der Waals surface area (Å²) in [4.78, 5) is 14.9. The Hall–Kier alpha value is -3.84. The summed E-state index contributed by atoms with van der Waals surface area (Å²) in [5, 5.41) is 8.67. The van der Waals surface area contributed by atoms with Crippen molar-refractivity contribution < 1.29 is 9.53 Å². The van der Waals surface area contributed by atoms with Gasteiger partial charge in [0.05, 0.1) is 36.6 Å². The van der Waals surface area contributed by atoms with Crippen molar-refractivity contribution in [3.05, 3.63) is 84.1 Å². The van der Waals surface area contributed by atoms with Crippen molar-refractivity contribution in [2.75, 3.05) is 42.3 Å². The first-order chi connectivity index (χ1) is 15.7. The number of para-hydroxylation sites is 2. The van der Waals surface area contributed by atoms with Crippen LogP contribution in [0.1, 0.15) is 15.9 Å². The topological polar surface area (TPSA) is 85.4 Å². The first-order valence-electron chi connectivity index (χ1n) is 10.7. The molecule has 7 heteroatoms. The third-order valence-electron chi connectivity index (χ3n) is 5.68. The van der Waals surface area contributed by atoms with E-state index in [1.54, 1.807) is 12.1 Å². The van der Waals surface area contributed by atoms with E-state index in [9.17, 15) is 4.79 Å². The van der Waals surface area contributed by atoms with Gasteiger partial charge in [0.25, 0.3) is 5.91 Å². The molecule has 0 bridgehead atoms. The molecule has 4 aromatic rings. The summed E-state index contributed by atoms with van der Waals surface area (Å²) < 4.78 is 7.39. The fraction of sp³-hybridized carbons (Fsp3) is 0.200. The maximum atomic E-state index is 12.5. The van der Waals surface area contributed by atoms with Crippen molar-refractivity contribution in [1.82, 2.24) is 9.78 Å². The Balaban J connectivity index is 1.27. The van der Waals surface area contributed by atoms with E-state index in [0.29, 0.717) is 23.5 Å². The number of nitrogen functional groups attached to an aromatic ring is 1. The van der Waals surface area contributed by atoms with Gasteiger partial charge < -0.3 is 20.7 Å². The Labute approximate surface area is 186 Å². The van der Waals surface area contributed by atoms with Gasteiger partial charge in [0.2, 0.25) is 0 Å². The van der Waals surface area contributed by atoms with Crippen molar-refractivity contribution in [2.24, 2.45) is 0 Å². The summed E-state index contributed by atoms with van der Waals surface area (Å²) in [7, 11) is 0. The monoisotopic (exact) mass is 427 g/mol. The quantitative estimate of drug-likeness (QED) is 0.474. The van der Waals surface area contributed by atoms with Crippen LogP contribution in [0.15, 0.2) is 72.9 Å². The zero-order valence-electron chi connectivity index (χ0n) is 17.7. The molecule has 1 saturated heterocycles. The van der Waals surface area contributed by atoms with Gasteiger partial charge in [0.15, 0.2) is 0 Å². The highest BCUT2D eigenvalue weighted by Gasteiger charge is 2.13. The Bertz CT molecular complexity index is 1240. The van der Waals surface area contributed by atoms with Crippen LogP contribution in [-0.4, -0.2) is 42.0 Å². The second kappa shape index (κ2) is 8.72. The van der Waals surface area contributed by atoms with Crippen LogP contribution in [0, 0.1) is 0 Å². The summed E-state index contributed by atoms with van der Waals surface area (Å²) >= 11 is 0. The largest absolute Gasteiger partial charge is 0.397 e. The lowest BCUT2D eigenvalue weighted by molar-refractivity contribution is 0.102. The summed E-state index contributed by atoms with van der Waals surface area (Å²) in [5.74, 6) is -0.185. The molecule has 32 heavy (non-hydrogen) atoms. The maximum Gasteiger partial charge on any atom is 0.255 e. The maximum absolute atomic E-state index is 12.5. The van der Waals surface area contributed by atoms with Gasteiger partial charge in [-0.3, -0.25) is 9.48 Å². The Morgan fingerprint density at radius 1 is 1.03 bits per heavy atom. The van der Waals surface area contributed by atoms with Gasteiger partial charge >= 0.3 is 0 Å². The van der Waals surface area contributed by atoms with Gasteiger partial charge in [-0.25, -0.2) is 0 Å². The smallest absolute Gasteiger partial charge is 0.255 e. The lowest BCUT2D eigenvalue weighted by Crippen LogP contribution is -2.36. The number of fused-ring (bicyclic) bond motifs is 1. The molecule has 0 saturated carbocycles. The number of aromatic nitrogens is 2. The Morgan fingerprint density at radius 3 is 2.59 bits per heavy atom. The number of rotatable bonds is 5. The number of ether oxygens (including phenoxy) is 1. The number of anilines is 3. The van der Waals surface area contributed by atoms with Gasteiger partial charge in [-0.05, 0) is 48.0 Å². The molecular formula is C25H25N5O2. The predicted octanol–water partition coefficient (Wildman–Crippen LogP) is 3.76. The predicted molar refractivity (Wildman–Crippen MR) is 127 cm³/mol. The van der Waals surface area contributed by atoms with Gasteiger partial charge in [-0.2, -0.15) is 5.10 Å². The van der Waals surface area contributed by atoms with Crippen LogP contribution in [0.3, 0.4) is 0 Å². The number of hydrogen-bond acceptors (Lipinski definition) is 5. The molecule has 1 aliphatic heterocycles. The number of benzene rings is 3. The van der Waals surface area contributed by atoms with Crippen molar-refractivity contribution in [3.8, 4) is 0 Å². The minimum atomic E-state index is -0.185. The van der Waals surface area contributed by atoms with E-state index < -0.39 is 0 Å². The number of nitrogens with one attached hydrogen (secondary N) is 1. The molecule has 0 radical (unpaired) electrons. The third kappa shape index (κ3) is 4.29. The van der Waals surface area contributed by atoms with Crippen LogP contribution in [-0.2, 0) is 11.3 Å². The Morgan fingerprint density at radius 2 is 1.81 bits per heavy atom. The highest BCUT2D eigenvalue weighted by atomic mass is 16.5. The molecule has 0 aliphatic carbocycles. The fourth-order valence-electron chi connectivity index (χ4n) is 3.92. The normalized spacial score (nSPS) is 13.9. The summed E-state index contributed by atoms with van der Waals surface area (Å²) in [6.07, 6.45) is 2.07. The first-order valence-corrected chi connectivity index (χ1v) is 10.7. The van der Waals surface area contributed by atoms with Crippen LogP contribution in [0.5, 0.6) is 0 Å². The minimum Gasteiger partial charge on any atom is -0.397 e. The molecule has 162 valence electrons. The van der Waals surface area contributed by atoms with E-state index in [2.05, 4.69) is 34.6 Å². The summed E-state index contributed by atoms with van der Waals surface area (Å²) in [6, 6.07) is 21.2. The minimum absolute atomic E-state index is 0.185.